The normalized spacial score (nSPS) is 12.4. The Bertz CT molecular complexity index is 1800. The van der Waals surface area contributed by atoms with E-state index in [1.54, 1.807) is 60.7 Å². The highest BCUT2D eigenvalue weighted by molar-refractivity contribution is 7.85. The molecule has 4 rings (SSSR count). The standard InChI is InChI=1S/C34H33Cl3N2O5S/c1-34(2,3)24-10-8-22(9-11-24)29(18-21-4-6-23(7-5-21)32(40)38-16-17-45(42,43)44)33(41)39-26-13-15-28(31(37)20-26)27-14-12-25(35)19-30(27)36/h4-15,19-20,29H,16-18H2,1-3H3,(H,38,40)(H,39,41)(H,42,43,44). The number of rotatable bonds is 10. The van der Waals surface area contributed by atoms with Gasteiger partial charge in [0.15, 0.2) is 0 Å². The molecule has 0 bridgehead atoms. The van der Waals surface area contributed by atoms with E-state index in [0.29, 0.717) is 38.3 Å². The fourth-order valence-corrected chi connectivity index (χ4v) is 5.90. The molecule has 0 saturated heterocycles. The topological polar surface area (TPSA) is 113 Å². The van der Waals surface area contributed by atoms with Gasteiger partial charge in [-0.15, -0.1) is 0 Å². The number of hydrogen-bond donors (Lipinski definition) is 3. The van der Waals surface area contributed by atoms with E-state index in [0.717, 1.165) is 22.3 Å². The van der Waals surface area contributed by atoms with E-state index < -0.39 is 27.7 Å². The number of hydrogen-bond acceptors (Lipinski definition) is 4. The van der Waals surface area contributed by atoms with Gasteiger partial charge in [-0.1, -0.05) is 104 Å². The first-order valence-electron chi connectivity index (χ1n) is 14.1. The molecule has 1 atom stereocenters. The zero-order valence-electron chi connectivity index (χ0n) is 24.9. The van der Waals surface area contributed by atoms with Crippen molar-refractivity contribution >= 4 is 62.4 Å². The lowest BCUT2D eigenvalue weighted by Gasteiger charge is -2.22. The minimum atomic E-state index is -4.18. The second-order valence-electron chi connectivity index (χ2n) is 11.7. The summed E-state index contributed by atoms with van der Waals surface area (Å²) in [5.41, 5.74) is 4.98. The highest BCUT2D eigenvalue weighted by atomic mass is 35.5. The Balaban J connectivity index is 1.56. The van der Waals surface area contributed by atoms with Crippen LogP contribution in [0.1, 0.15) is 53.7 Å². The van der Waals surface area contributed by atoms with Crippen molar-refractivity contribution in [2.45, 2.75) is 38.5 Å². The van der Waals surface area contributed by atoms with Crippen LogP contribution in [-0.2, 0) is 26.7 Å². The lowest BCUT2D eigenvalue weighted by molar-refractivity contribution is -0.117. The molecule has 0 heterocycles. The molecule has 45 heavy (non-hydrogen) atoms. The third-order valence-electron chi connectivity index (χ3n) is 7.26. The Hall–Kier alpha value is -3.40. The van der Waals surface area contributed by atoms with Crippen LogP contribution in [0.25, 0.3) is 11.1 Å². The number of benzene rings is 4. The second kappa shape index (κ2) is 14.4. The summed E-state index contributed by atoms with van der Waals surface area (Å²) in [6, 6.07) is 25.1. The van der Waals surface area contributed by atoms with E-state index in [2.05, 4.69) is 31.4 Å². The number of amides is 2. The maximum atomic E-state index is 13.8. The smallest absolute Gasteiger partial charge is 0.266 e. The molecule has 236 valence electrons. The third kappa shape index (κ3) is 9.55. The van der Waals surface area contributed by atoms with E-state index in [4.69, 9.17) is 39.4 Å². The summed E-state index contributed by atoms with van der Waals surface area (Å²) >= 11 is 19.0. The number of carbonyl (C=O) groups excluding carboxylic acids is 2. The van der Waals surface area contributed by atoms with Crippen molar-refractivity contribution in [3.63, 3.8) is 0 Å². The Morgan fingerprint density at radius 1 is 0.822 bits per heavy atom. The molecule has 0 radical (unpaired) electrons. The van der Waals surface area contributed by atoms with Crippen molar-refractivity contribution in [2.75, 3.05) is 17.6 Å². The lowest BCUT2D eigenvalue weighted by atomic mass is 9.84. The SMILES string of the molecule is CC(C)(C)c1ccc(C(Cc2ccc(C(=O)NCCS(=O)(=O)O)cc2)C(=O)Nc2ccc(-c3ccc(Cl)cc3Cl)c(Cl)c2)cc1. The van der Waals surface area contributed by atoms with Crippen molar-refractivity contribution in [1.82, 2.24) is 5.32 Å². The monoisotopic (exact) mass is 686 g/mol. The average molecular weight is 688 g/mol. The van der Waals surface area contributed by atoms with Crippen molar-refractivity contribution in [3.05, 3.63) is 122 Å². The van der Waals surface area contributed by atoms with E-state index in [1.807, 2.05) is 24.3 Å². The highest BCUT2D eigenvalue weighted by Crippen LogP contribution is 2.36. The largest absolute Gasteiger partial charge is 0.351 e. The summed E-state index contributed by atoms with van der Waals surface area (Å²) in [6.07, 6.45) is 0.345. The summed E-state index contributed by atoms with van der Waals surface area (Å²) in [5, 5.41) is 6.85. The Kier molecular flexibility index (Phi) is 11.0. The number of nitrogens with one attached hydrogen (secondary N) is 2. The maximum absolute atomic E-state index is 13.8. The molecule has 0 aliphatic heterocycles. The van der Waals surface area contributed by atoms with Crippen LogP contribution in [-0.4, -0.2) is 37.1 Å². The Morgan fingerprint density at radius 2 is 1.42 bits per heavy atom. The number of carbonyl (C=O) groups is 2. The van der Waals surface area contributed by atoms with Gasteiger partial charge in [0, 0.05) is 39.0 Å². The molecule has 4 aromatic rings. The second-order valence-corrected chi connectivity index (χ2v) is 14.5. The fourth-order valence-electron chi connectivity index (χ4n) is 4.75. The van der Waals surface area contributed by atoms with Crippen molar-refractivity contribution in [3.8, 4) is 11.1 Å². The van der Waals surface area contributed by atoms with Gasteiger partial charge in [0.05, 0.1) is 16.7 Å². The van der Waals surface area contributed by atoms with Crippen molar-refractivity contribution in [2.24, 2.45) is 0 Å². The summed E-state index contributed by atoms with van der Waals surface area (Å²) in [6.45, 7) is 6.15. The molecule has 11 heteroatoms. The van der Waals surface area contributed by atoms with Crippen LogP contribution in [0.5, 0.6) is 0 Å². The van der Waals surface area contributed by atoms with Gasteiger partial charge >= 0.3 is 0 Å². The van der Waals surface area contributed by atoms with Gasteiger partial charge in [0.2, 0.25) is 5.91 Å². The van der Waals surface area contributed by atoms with Gasteiger partial charge in [0.1, 0.15) is 0 Å². The molecule has 4 aromatic carbocycles. The first kappa shape index (κ1) is 34.5. The van der Waals surface area contributed by atoms with Crippen molar-refractivity contribution in [1.29, 1.82) is 0 Å². The quantitative estimate of drug-likeness (QED) is 0.146. The van der Waals surface area contributed by atoms with Crippen LogP contribution >= 0.6 is 34.8 Å². The minimum Gasteiger partial charge on any atom is -0.351 e. The van der Waals surface area contributed by atoms with Gasteiger partial charge in [-0.25, -0.2) is 0 Å². The molecule has 2 amide bonds. The molecular formula is C34H33Cl3N2O5S. The van der Waals surface area contributed by atoms with Crippen LogP contribution < -0.4 is 10.6 Å². The van der Waals surface area contributed by atoms with Crippen LogP contribution in [0.15, 0.2) is 84.9 Å². The zero-order valence-corrected chi connectivity index (χ0v) is 28.0. The molecule has 3 N–H and O–H groups in total. The first-order chi connectivity index (χ1) is 21.1. The van der Waals surface area contributed by atoms with E-state index >= 15 is 0 Å². The first-order valence-corrected chi connectivity index (χ1v) is 16.8. The Morgan fingerprint density at radius 3 is 1.98 bits per heavy atom. The molecule has 0 aromatic heterocycles. The summed E-state index contributed by atoms with van der Waals surface area (Å²) < 4.78 is 30.7. The van der Waals surface area contributed by atoms with Gasteiger partial charge < -0.3 is 10.6 Å². The van der Waals surface area contributed by atoms with Gasteiger partial charge in [-0.3, -0.25) is 14.1 Å². The molecular weight excluding hydrogens is 655 g/mol. The predicted octanol–water partition coefficient (Wildman–Crippen LogP) is 8.19. The summed E-state index contributed by atoms with van der Waals surface area (Å²) in [4.78, 5) is 26.2. The minimum absolute atomic E-state index is 0.0560. The maximum Gasteiger partial charge on any atom is 0.266 e. The predicted molar refractivity (Wildman–Crippen MR) is 182 cm³/mol. The molecule has 1 unspecified atom stereocenters. The van der Waals surface area contributed by atoms with Gasteiger partial charge in [0.25, 0.3) is 16.0 Å². The number of halogens is 3. The van der Waals surface area contributed by atoms with Crippen LogP contribution in [0.4, 0.5) is 5.69 Å². The molecule has 0 aliphatic rings. The highest BCUT2D eigenvalue weighted by Gasteiger charge is 2.23. The van der Waals surface area contributed by atoms with E-state index in [-0.39, 0.29) is 17.9 Å². The summed E-state index contributed by atoms with van der Waals surface area (Å²) in [5.74, 6) is -1.86. The average Bonchev–Trinajstić information content (AvgIpc) is 2.96. The fraction of sp³-hybridized carbons (Fsp3) is 0.235. The van der Waals surface area contributed by atoms with E-state index in [1.165, 1.54) is 0 Å². The van der Waals surface area contributed by atoms with Gasteiger partial charge in [-0.05, 0) is 64.9 Å². The van der Waals surface area contributed by atoms with E-state index in [9.17, 15) is 18.0 Å². The van der Waals surface area contributed by atoms with Crippen molar-refractivity contribution < 1.29 is 22.6 Å². The van der Waals surface area contributed by atoms with Crippen LogP contribution in [0.3, 0.4) is 0 Å². The zero-order chi connectivity index (χ0) is 32.9. The summed E-state index contributed by atoms with van der Waals surface area (Å²) in [7, 11) is -4.18. The molecule has 0 saturated carbocycles. The molecule has 0 fully saturated rings. The number of anilines is 1. The van der Waals surface area contributed by atoms with Gasteiger partial charge in [-0.2, -0.15) is 8.42 Å². The Labute approximate surface area is 278 Å². The third-order valence-corrected chi connectivity index (χ3v) is 8.84. The molecule has 7 nitrogen and oxygen atoms in total. The van der Waals surface area contributed by atoms with Crippen LogP contribution in [0.2, 0.25) is 15.1 Å². The molecule has 0 spiro atoms. The molecule has 0 aliphatic carbocycles. The lowest BCUT2D eigenvalue weighted by Crippen LogP contribution is -2.28. The van der Waals surface area contributed by atoms with Crippen LogP contribution in [0, 0.1) is 0 Å².